The number of hydrogen-bond donors (Lipinski definition) is 1. The molecule has 4 rings (SSSR count). The molecule has 0 aliphatic carbocycles. The number of benzene rings is 3. The van der Waals surface area contributed by atoms with E-state index in [2.05, 4.69) is 76.0 Å². The number of methoxy groups -OCH3 is 2. The second-order valence-corrected chi connectivity index (χ2v) is 9.93. The van der Waals surface area contributed by atoms with Crippen molar-refractivity contribution in [2.75, 3.05) is 59.3 Å². The molecule has 6 heteroatoms. The van der Waals surface area contributed by atoms with E-state index < -0.39 is 0 Å². The van der Waals surface area contributed by atoms with Gasteiger partial charge in [-0.3, -0.25) is 4.90 Å². The van der Waals surface area contributed by atoms with Gasteiger partial charge in [-0.2, -0.15) is 0 Å². The number of nitrogens with two attached hydrogens (primary N) is 1. The van der Waals surface area contributed by atoms with E-state index in [0.29, 0.717) is 0 Å². The summed E-state index contributed by atoms with van der Waals surface area (Å²) in [6.45, 7) is 10.2. The van der Waals surface area contributed by atoms with Crippen molar-refractivity contribution in [2.45, 2.75) is 18.7 Å². The summed E-state index contributed by atoms with van der Waals surface area (Å²) < 4.78 is 13.3. The van der Waals surface area contributed by atoms with Gasteiger partial charge in [0, 0.05) is 56.0 Å². The summed E-state index contributed by atoms with van der Waals surface area (Å²) in [6, 6.07) is 22.8. The molecule has 3 aromatic carbocycles. The molecule has 3 aromatic rings. The molecule has 0 bridgehead atoms. The van der Waals surface area contributed by atoms with Crippen molar-refractivity contribution < 1.29 is 9.47 Å². The van der Waals surface area contributed by atoms with Crippen molar-refractivity contribution in [2.24, 2.45) is 0 Å². The molecule has 0 saturated carbocycles. The maximum atomic E-state index is 5.77. The molecule has 2 N–H and O–H groups in total. The van der Waals surface area contributed by atoms with Gasteiger partial charge in [-0.1, -0.05) is 74.5 Å². The van der Waals surface area contributed by atoms with E-state index >= 15 is 0 Å². The summed E-state index contributed by atoms with van der Waals surface area (Å²) >= 11 is 1.85. The fourth-order valence-electron chi connectivity index (χ4n) is 4.01. The minimum atomic E-state index is 0.765. The van der Waals surface area contributed by atoms with Crippen LogP contribution in [0.3, 0.4) is 0 Å². The van der Waals surface area contributed by atoms with Crippen LogP contribution in [0.2, 0.25) is 0 Å². The van der Waals surface area contributed by atoms with E-state index in [9.17, 15) is 0 Å². The van der Waals surface area contributed by atoms with Gasteiger partial charge >= 0.3 is 0 Å². The highest BCUT2D eigenvalue weighted by Crippen LogP contribution is 2.26. The predicted octanol–water partition coefficient (Wildman–Crippen LogP) is 6.92. The first-order chi connectivity index (χ1) is 18.6. The standard InChI is InChI=1S/C30H35N3O2S.C2H6/c1-34-22-21-32-17-19-33(20-18-32)36-29-15-9-24(10-16-29)3-4-26-6-12-27(30(23-26)35-2)11-5-25-7-13-28(31)14-8-25;1-2/h3-16,23H,17-22,31H2,1-2H3;1-2H3/b4-3+,11-5+;. The number of nitrogen functional groups attached to an aromatic ring is 1. The molecule has 1 aliphatic rings. The SMILES string of the molecule is CC.COCCN1CCN(Sc2ccc(/C=C/c3ccc(/C=C/c4ccc(N)cc4)c(OC)c3)cc2)CC1. The maximum absolute atomic E-state index is 5.77. The van der Waals surface area contributed by atoms with Crippen LogP contribution in [0.5, 0.6) is 5.75 Å². The van der Waals surface area contributed by atoms with E-state index in [1.807, 2.05) is 50.1 Å². The van der Waals surface area contributed by atoms with Crippen LogP contribution >= 0.6 is 11.9 Å². The van der Waals surface area contributed by atoms with Gasteiger partial charge in [-0.05, 0) is 59.0 Å². The third kappa shape index (κ3) is 9.37. The zero-order chi connectivity index (χ0) is 27.2. The van der Waals surface area contributed by atoms with Crippen molar-refractivity contribution in [3.63, 3.8) is 0 Å². The monoisotopic (exact) mass is 531 g/mol. The van der Waals surface area contributed by atoms with Crippen molar-refractivity contribution >= 4 is 41.9 Å². The zero-order valence-electron chi connectivity index (χ0n) is 23.1. The summed E-state index contributed by atoms with van der Waals surface area (Å²) in [5.41, 5.74) is 10.9. The molecule has 1 heterocycles. The van der Waals surface area contributed by atoms with Crippen molar-refractivity contribution in [3.8, 4) is 5.75 Å². The Labute approximate surface area is 233 Å². The van der Waals surface area contributed by atoms with E-state index in [1.165, 1.54) is 10.5 Å². The Kier molecular flexibility index (Phi) is 12.5. The lowest BCUT2D eigenvalue weighted by atomic mass is 10.1. The fourth-order valence-corrected chi connectivity index (χ4v) is 4.91. The molecule has 1 saturated heterocycles. The molecule has 0 atom stereocenters. The molecule has 1 fully saturated rings. The zero-order valence-corrected chi connectivity index (χ0v) is 23.9. The molecule has 38 heavy (non-hydrogen) atoms. The molecule has 202 valence electrons. The van der Waals surface area contributed by atoms with Crippen LogP contribution in [0, 0.1) is 0 Å². The highest BCUT2D eigenvalue weighted by molar-refractivity contribution is 7.97. The second kappa shape index (κ2) is 16.0. The smallest absolute Gasteiger partial charge is 0.126 e. The number of piperazine rings is 1. The molecule has 0 aromatic heterocycles. The van der Waals surface area contributed by atoms with Gasteiger partial charge in [-0.15, -0.1) is 0 Å². The average Bonchev–Trinajstić information content (AvgIpc) is 2.97. The van der Waals surface area contributed by atoms with Crippen molar-refractivity contribution in [3.05, 3.63) is 89.0 Å². The Morgan fingerprint density at radius 3 is 1.97 bits per heavy atom. The quantitative estimate of drug-likeness (QED) is 0.174. The van der Waals surface area contributed by atoms with Gasteiger partial charge in [-0.25, -0.2) is 4.31 Å². The number of rotatable bonds is 10. The molecule has 0 amide bonds. The van der Waals surface area contributed by atoms with Crippen LogP contribution in [-0.2, 0) is 4.74 Å². The number of nitrogens with zero attached hydrogens (tertiary/aromatic N) is 2. The number of ether oxygens (including phenoxy) is 2. The maximum Gasteiger partial charge on any atom is 0.126 e. The van der Waals surface area contributed by atoms with E-state index in [0.717, 1.165) is 67.5 Å². The molecule has 0 unspecified atom stereocenters. The Morgan fingerprint density at radius 1 is 0.763 bits per heavy atom. The lowest BCUT2D eigenvalue weighted by Crippen LogP contribution is -2.44. The van der Waals surface area contributed by atoms with Gasteiger partial charge in [0.1, 0.15) is 5.75 Å². The summed E-state index contributed by atoms with van der Waals surface area (Å²) in [5, 5.41) is 0. The first-order valence-electron chi connectivity index (χ1n) is 13.3. The van der Waals surface area contributed by atoms with Crippen LogP contribution < -0.4 is 10.5 Å². The third-order valence-corrected chi connectivity index (χ3v) is 7.28. The summed E-state index contributed by atoms with van der Waals surface area (Å²) in [7, 11) is 3.47. The Morgan fingerprint density at radius 2 is 1.34 bits per heavy atom. The van der Waals surface area contributed by atoms with Gasteiger partial charge < -0.3 is 15.2 Å². The molecule has 0 spiro atoms. The van der Waals surface area contributed by atoms with Crippen LogP contribution in [0.25, 0.3) is 24.3 Å². The summed E-state index contributed by atoms with van der Waals surface area (Å²) in [5.74, 6) is 0.845. The van der Waals surface area contributed by atoms with Crippen LogP contribution in [0.1, 0.15) is 36.1 Å². The summed E-state index contributed by atoms with van der Waals surface area (Å²) in [4.78, 5) is 3.74. The van der Waals surface area contributed by atoms with Crippen molar-refractivity contribution in [1.29, 1.82) is 0 Å². The van der Waals surface area contributed by atoms with Crippen LogP contribution in [-0.4, -0.2) is 62.8 Å². The lowest BCUT2D eigenvalue weighted by molar-refractivity contribution is 0.125. The van der Waals surface area contributed by atoms with Crippen molar-refractivity contribution in [1.82, 2.24) is 9.21 Å². The highest BCUT2D eigenvalue weighted by atomic mass is 32.2. The average molecular weight is 532 g/mol. The number of anilines is 1. The largest absolute Gasteiger partial charge is 0.496 e. The van der Waals surface area contributed by atoms with E-state index in [-0.39, 0.29) is 0 Å². The molecular weight excluding hydrogens is 490 g/mol. The molecular formula is C32H41N3O2S. The Bertz CT molecular complexity index is 1150. The Balaban J connectivity index is 0.00000195. The van der Waals surface area contributed by atoms with Crippen LogP contribution in [0.4, 0.5) is 5.69 Å². The first-order valence-corrected chi connectivity index (χ1v) is 14.0. The third-order valence-electron chi connectivity index (χ3n) is 6.18. The minimum Gasteiger partial charge on any atom is -0.496 e. The van der Waals surface area contributed by atoms with Gasteiger partial charge in [0.25, 0.3) is 0 Å². The minimum absolute atomic E-state index is 0.765. The first kappa shape index (κ1) is 29.5. The van der Waals surface area contributed by atoms with E-state index in [4.69, 9.17) is 15.2 Å². The Hall–Kier alpha value is -3.03. The molecule has 0 radical (unpaired) electrons. The van der Waals surface area contributed by atoms with Crippen LogP contribution in [0.15, 0.2) is 71.6 Å². The predicted molar refractivity (Wildman–Crippen MR) is 165 cm³/mol. The lowest BCUT2D eigenvalue weighted by Gasteiger charge is -2.33. The number of hydrogen-bond acceptors (Lipinski definition) is 6. The second-order valence-electron chi connectivity index (χ2n) is 8.76. The van der Waals surface area contributed by atoms with E-state index in [1.54, 1.807) is 14.2 Å². The topological polar surface area (TPSA) is 51.0 Å². The summed E-state index contributed by atoms with van der Waals surface area (Å²) in [6.07, 6.45) is 8.39. The van der Waals surface area contributed by atoms with Gasteiger partial charge in [0.15, 0.2) is 0 Å². The normalized spacial score (nSPS) is 14.5. The van der Waals surface area contributed by atoms with Gasteiger partial charge in [0.2, 0.25) is 0 Å². The molecule has 1 aliphatic heterocycles. The fraction of sp³-hybridized carbons (Fsp3) is 0.312. The molecule has 5 nitrogen and oxygen atoms in total. The highest BCUT2D eigenvalue weighted by Gasteiger charge is 2.17. The van der Waals surface area contributed by atoms with Gasteiger partial charge in [0.05, 0.1) is 13.7 Å².